The van der Waals surface area contributed by atoms with E-state index in [1.807, 2.05) is 0 Å². The molecule has 43 valence electrons. The van der Waals surface area contributed by atoms with E-state index in [-0.39, 0.29) is 0 Å². The van der Waals surface area contributed by atoms with Crippen molar-refractivity contribution in [3.63, 3.8) is 0 Å². The molecule has 0 rings (SSSR count). The average Bonchev–Trinajstić information content (AvgIpc) is 1.61. The number of unbranched alkanes of at least 4 members (excludes halogenated alkanes) is 1. The molecule has 0 fully saturated rings. The smallest absolute Gasteiger partial charge is 0.0417 e. The van der Waals surface area contributed by atoms with Gasteiger partial charge >= 0.3 is 0 Å². The fraction of sp³-hybridized carbons (Fsp3) is 0.857. The molecule has 0 aliphatic rings. The van der Waals surface area contributed by atoms with Crippen LogP contribution in [0.5, 0.6) is 0 Å². The van der Waals surface area contributed by atoms with Gasteiger partial charge in [0.25, 0.3) is 0 Å². The van der Waals surface area contributed by atoms with Gasteiger partial charge in [-0.2, -0.15) is 0 Å². The second kappa shape index (κ2) is 4.17. The Labute approximate surface area is 46.9 Å². The normalized spacial score (nSPS) is 10.3. The van der Waals surface area contributed by atoms with E-state index in [9.17, 15) is 0 Å². The van der Waals surface area contributed by atoms with Gasteiger partial charge in [0.05, 0.1) is 0 Å². The summed E-state index contributed by atoms with van der Waals surface area (Å²) < 4.78 is 0. The third-order valence-corrected chi connectivity index (χ3v) is 1.03. The van der Waals surface area contributed by atoms with Crippen LogP contribution in [0.1, 0.15) is 33.6 Å². The predicted molar refractivity (Wildman–Crippen MR) is 34.0 cm³/mol. The van der Waals surface area contributed by atoms with Crippen LogP contribution in [-0.2, 0) is 0 Å². The van der Waals surface area contributed by atoms with Gasteiger partial charge in [-0.3, -0.25) is 0 Å². The second-order valence-electron chi connectivity index (χ2n) is 2.38. The van der Waals surface area contributed by atoms with Crippen molar-refractivity contribution in [3.05, 3.63) is 6.42 Å². The van der Waals surface area contributed by atoms with Crippen molar-refractivity contribution in [2.75, 3.05) is 0 Å². The zero-order valence-electron chi connectivity index (χ0n) is 5.57. The average molecular weight is 99.2 g/mol. The maximum atomic E-state index is 2.25. The Morgan fingerprint density at radius 2 is 2.00 bits per heavy atom. The highest BCUT2D eigenvalue weighted by Gasteiger charge is 1.88. The van der Waals surface area contributed by atoms with Crippen LogP contribution in [-0.4, -0.2) is 0 Å². The van der Waals surface area contributed by atoms with Crippen molar-refractivity contribution in [2.24, 2.45) is 5.92 Å². The minimum Gasteiger partial charge on any atom is -0.0628 e. The van der Waals surface area contributed by atoms with Gasteiger partial charge in [-0.25, -0.2) is 0 Å². The molecule has 0 aliphatic heterocycles. The first-order valence-corrected chi connectivity index (χ1v) is 3.05. The van der Waals surface area contributed by atoms with Crippen LogP contribution in [0.15, 0.2) is 0 Å². The molecule has 0 bridgehead atoms. The maximum Gasteiger partial charge on any atom is -0.0417 e. The van der Waals surface area contributed by atoms with Gasteiger partial charge in [-0.05, 0) is 12.3 Å². The molecule has 0 aromatic heterocycles. The Morgan fingerprint density at radius 1 is 1.43 bits per heavy atom. The monoisotopic (exact) mass is 99.1 g/mol. The van der Waals surface area contributed by atoms with Crippen LogP contribution in [0.3, 0.4) is 0 Å². The van der Waals surface area contributed by atoms with Gasteiger partial charge < -0.3 is 0 Å². The second-order valence-corrected chi connectivity index (χ2v) is 2.38. The van der Waals surface area contributed by atoms with E-state index in [0.717, 1.165) is 5.92 Å². The third-order valence-electron chi connectivity index (χ3n) is 1.03. The van der Waals surface area contributed by atoms with Crippen molar-refractivity contribution < 1.29 is 0 Å². The molecule has 0 atom stereocenters. The van der Waals surface area contributed by atoms with Crippen molar-refractivity contribution in [1.29, 1.82) is 0 Å². The van der Waals surface area contributed by atoms with E-state index in [2.05, 4.69) is 27.2 Å². The molecule has 0 aromatic rings. The van der Waals surface area contributed by atoms with Crippen molar-refractivity contribution >= 4 is 0 Å². The molecule has 0 heterocycles. The van der Waals surface area contributed by atoms with E-state index in [4.69, 9.17) is 0 Å². The topological polar surface area (TPSA) is 0 Å². The van der Waals surface area contributed by atoms with E-state index >= 15 is 0 Å². The molecule has 0 aromatic carbocycles. The molecule has 0 aliphatic carbocycles. The predicted octanol–water partition coefficient (Wildman–Crippen LogP) is 2.65. The molecule has 0 spiro atoms. The molecule has 7 heavy (non-hydrogen) atoms. The van der Waals surface area contributed by atoms with Gasteiger partial charge in [0.2, 0.25) is 0 Å². The van der Waals surface area contributed by atoms with Crippen molar-refractivity contribution in [2.45, 2.75) is 33.6 Å². The van der Waals surface area contributed by atoms with Crippen LogP contribution in [0, 0.1) is 12.3 Å². The fourth-order valence-corrected chi connectivity index (χ4v) is 0.500. The summed E-state index contributed by atoms with van der Waals surface area (Å²) in [6.07, 6.45) is 4.84. The highest BCUT2D eigenvalue weighted by molar-refractivity contribution is 4.56. The van der Waals surface area contributed by atoms with Gasteiger partial charge in [0, 0.05) is 0 Å². The SMILES string of the molecule is C[CH]CCC(C)C. The quantitative estimate of drug-likeness (QED) is 0.510. The third kappa shape index (κ3) is 6.00. The molecule has 0 amide bonds. The zero-order valence-corrected chi connectivity index (χ0v) is 5.57. The maximum absolute atomic E-state index is 2.25. The first-order chi connectivity index (χ1) is 3.27. The largest absolute Gasteiger partial charge is 0.0628 e. The number of rotatable bonds is 3. The van der Waals surface area contributed by atoms with E-state index < -0.39 is 0 Å². The van der Waals surface area contributed by atoms with E-state index in [0.29, 0.717) is 0 Å². The lowest BCUT2D eigenvalue weighted by Gasteiger charge is -1.98. The molecule has 1 radical (unpaired) electrons. The van der Waals surface area contributed by atoms with Crippen LogP contribution < -0.4 is 0 Å². The Bertz CT molecular complexity index is 29.0. The lowest BCUT2D eigenvalue weighted by Crippen LogP contribution is -1.84. The van der Waals surface area contributed by atoms with Crippen molar-refractivity contribution in [1.82, 2.24) is 0 Å². The van der Waals surface area contributed by atoms with E-state index in [1.54, 1.807) is 0 Å². The summed E-state index contributed by atoms with van der Waals surface area (Å²) in [5.74, 6) is 0.871. The summed E-state index contributed by atoms with van der Waals surface area (Å²) in [4.78, 5) is 0. The Morgan fingerprint density at radius 3 is 2.14 bits per heavy atom. The molecule has 0 saturated carbocycles. The van der Waals surface area contributed by atoms with Crippen LogP contribution in [0.25, 0.3) is 0 Å². The molecular formula is C7H15. The first-order valence-electron chi connectivity index (χ1n) is 3.05. The first kappa shape index (κ1) is 7.00. The lowest BCUT2D eigenvalue weighted by atomic mass is 10.1. The van der Waals surface area contributed by atoms with Gasteiger partial charge in [-0.15, -0.1) is 0 Å². The van der Waals surface area contributed by atoms with E-state index in [1.165, 1.54) is 12.8 Å². The molecule has 0 nitrogen and oxygen atoms in total. The number of hydrogen-bond acceptors (Lipinski definition) is 0. The van der Waals surface area contributed by atoms with Gasteiger partial charge in [-0.1, -0.05) is 33.6 Å². The summed E-state index contributed by atoms with van der Waals surface area (Å²) in [7, 11) is 0. The highest BCUT2D eigenvalue weighted by atomic mass is 13.9. The summed E-state index contributed by atoms with van der Waals surface area (Å²) >= 11 is 0. The molecule has 0 N–H and O–H groups in total. The van der Waals surface area contributed by atoms with Crippen molar-refractivity contribution in [3.8, 4) is 0 Å². The Kier molecular flexibility index (Phi) is 4.17. The van der Waals surface area contributed by atoms with Crippen LogP contribution >= 0.6 is 0 Å². The fourth-order valence-electron chi connectivity index (χ4n) is 0.500. The Balaban J connectivity index is 2.68. The Hall–Kier alpha value is 0. The van der Waals surface area contributed by atoms with Gasteiger partial charge in [0.1, 0.15) is 0 Å². The summed E-state index contributed by atoms with van der Waals surface area (Å²) in [6.45, 7) is 6.62. The van der Waals surface area contributed by atoms with Crippen LogP contribution in [0.2, 0.25) is 0 Å². The summed E-state index contributed by atoms with van der Waals surface area (Å²) in [5.41, 5.74) is 0. The summed E-state index contributed by atoms with van der Waals surface area (Å²) in [5, 5.41) is 0. The van der Waals surface area contributed by atoms with Crippen LogP contribution in [0.4, 0.5) is 0 Å². The molecular weight excluding hydrogens is 84.1 g/mol. The minimum absolute atomic E-state index is 0.871. The minimum atomic E-state index is 0.871. The zero-order chi connectivity index (χ0) is 5.70. The number of hydrogen-bond donors (Lipinski definition) is 0. The highest BCUT2D eigenvalue weighted by Crippen LogP contribution is 2.03. The molecule has 0 unspecified atom stereocenters. The lowest BCUT2D eigenvalue weighted by molar-refractivity contribution is 0.583. The van der Waals surface area contributed by atoms with Gasteiger partial charge in [0.15, 0.2) is 0 Å². The summed E-state index contributed by atoms with van der Waals surface area (Å²) in [6, 6.07) is 0. The molecule has 0 heteroatoms. The molecule has 0 saturated heterocycles. The standard InChI is InChI=1S/C7H15/c1-4-5-6-7(2)3/h4,7H,5-6H2,1-3H3.